The number of amides is 1. The van der Waals surface area contributed by atoms with Gasteiger partial charge in [0, 0.05) is 18.4 Å². The molecule has 3 rings (SSSR count). The number of nitrogens with zero attached hydrogens (tertiary/aromatic N) is 1. The van der Waals surface area contributed by atoms with Crippen LogP contribution in [0.25, 0.3) is 10.8 Å². The predicted octanol–water partition coefficient (Wildman–Crippen LogP) is 3.48. The van der Waals surface area contributed by atoms with Crippen LogP contribution in [0.15, 0.2) is 54.7 Å². The van der Waals surface area contributed by atoms with Gasteiger partial charge in [0.1, 0.15) is 5.75 Å². The Morgan fingerprint density at radius 2 is 1.87 bits per heavy atom. The highest BCUT2D eigenvalue weighted by Gasteiger charge is 2.06. The van der Waals surface area contributed by atoms with Gasteiger partial charge in [-0.2, -0.15) is 0 Å². The van der Waals surface area contributed by atoms with Gasteiger partial charge in [-0.05, 0) is 53.6 Å². The first-order valence-electron chi connectivity index (χ1n) is 7.43. The van der Waals surface area contributed by atoms with Crippen LogP contribution in [0.1, 0.15) is 21.6 Å². The zero-order valence-electron chi connectivity index (χ0n) is 13.2. The zero-order chi connectivity index (χ0) is 16.2. The van der Waals surface area contributed by atoms with Crippen molar-refractivity contribution in [2.45, 2.75) is 13.5 Å². The van der Waals surface area contributed by atoms with Gasteiger partial charge in [0.2, 0.25) is 0 Å². The summed E-state index contributed by atoms with van der Waals surface area (Å²) in [7, 11) is 1.66. The number of nitrogens with one attached hydrogen (secondary N) is 1. The van der Waals surface area contributed by atoms with E-state index in [1.807, 2.05) is 43.3 Å². The average Bonchev–Trinajstić information content (AvgIpc) is 2.59. The molecule has 1 N–H and O–H groups in total. The molecule has 4 heteroatoms. The fraction of sp³-hybridized carbons (Fsp3) is 0.158. The topological polar surface area (TPSA) is 51.2 Å². The Bertz CT molecular complexity index is 842. The third-order valence-electron chi connectivity index (χ3n) is 3.74. The molecule has 0 bridgehead atoms. The Morgan fingerprint density at radius 3 is 2.61 bits per heavy atom. The van der Waals surface area contributed by atoms with Crippen molar-refractivity contribution in [3.05, 3.63) is 71.5 Å². The predicted molar refractivity (Wildman–Crippen MR) is 90.6 cm³/mol. The first-order chi connectivity index (χ1) is 11.2. The highest BCUT2D eigenvalue weighted by molar-refractivity contribution is 5.94. The molecule has 1 aromatic heterocycles. The van der Waals surface area contributed by atoms with Gasteiger partial charge in [-0.1, -0.05) is 18.2 Å². The third kappa shape index (κ3) is 3.48. The molecular weight excluding hydrogens is 288 g/mol. The van der Waals surface area contributed by atoms with Gasteiger partial charge in [0.15, 0.2) is 0 Å². The number of hydrogen-bond acceptors (Lipinski definition) is 3. The number of methoxy groups -OCH3 is 1. The third-order valence-corrected chi connectivity index (χ3v) is 3.74. The lowest BCUT2D eigenvalue weighted by Crippen LogP contribution is -2.22. The quantitative estimate of drug-likeness (QED) is 0.803. The fourth-order valence-corrected chi connectivity index (χ4v) is 2.40. The lowest BCUT2D eigenvalue weighted by atomic mass is 10.1. The second-order valence-corrected chi connectivity index (χ2v) is 5.42. The number of carbonyl (C=O) groups is 1. The number of fused-ring (bicyclic) bond motifs is 1. The first kappa shape index (κ1) is 15.0. The van der Waals surface area contributed by atoms with Crippen LogP contribution in [0.4, 0.5) is 0 Å². The molecular formula is C19H18N2O2. The summed E-state index contributed by atoms with van der Waals surface area (Å²) in [6.07, 6.45) is 1.59. The molecule has 0 aliphatic rings. The number of rotatable bonds is 4. The van der Waals surface area contributed by atoms with Crippen molar-refractivity contribution in [1.29, 1.82) is 0 Å². The molecule has 0 saturated carbocycles. The van der Waals surface area contributed by atoms with Crippen molar-refractivity contribution in [1.82, 2.24) is 10.3 Å². The van der Waals surface area contributed by atoms with E-state index in [-0.39, 0.29) is 5.91 Å². The maximum atomic E-state index is 12.1. The highest BCUT2D eigenvalue weighted by Crippen LogP contribution is 2.21. The highest BCUT2D eigenvalue weighted by atomic mass is 16.5. The maximum Gasteiger partial charge on any atom is 0.253 e. The van der Waals surface area contributed by atoms with E-state index in [0.29, 0.717) is 12.1 Å². The van der Waals surface area contributed by atoms with Crippen LogP contribution < -0.4 is 10.1 Å². The monoisotopic (exact) mass is 306 g/mol. The van der Waals surface area contributed by atoms with Gasteiger partial charge < -0.3 is 10.1 Å². The van der Waals surface area contributed by atoms with Crippen molar-refractivity contribution in [3.63, 3.8) is 0 Å². The second kappa shape index (κ2) is 6.48. The van der Waals surface area contributed by atoms with Crippen LogP contribution in [0.2, 0.25) is 0 Å². The molecule has 0 atom stereocenters. The molecule has 0 aliphatic heterocycles. The summed E-state index contributed by atoms with van der Waals surface area (Å²) in [4.78, 5) is 16.2. The Morgan fingerprint density at radius 1 is 1.09 bits per heavy atom. The van der Waals surface area contributed by atoms with Gasteiger partial charge in [0.05, 0.1) is 12.7 Å². The largest absolute Gasteiger partial charge is 0.497 e. The number of pyridine rings is 1. The normalized spacial score (nSPS) is 10.5. The molecule has 0 fully saturated rings. The van der Waals surface area contributed by atoms with E-state index in [4.69, 9.17) is 4.74 Å². The summed E-state index contributed by atoms with van der Waals surface area (Å²) in [5.74, 6) is 0.720. The van der Waals surface area contributed by atoms with Gasteiger partial charge in [-0.15, -0.1) is 0 Å². The summed E-state index contributed by atoms with van der Waals surface area (Å²) in [6, 6.07) is 15.7. The number of aromatic nitrogens is 1. The van der Waals surface area contributed by atoms with Crippen LogP contribution in [0, 0.1) is 6.92 Å². The lowest BCUT2D eigenvalue weighted by Gasteiger charge is -2.08. The summed E-state index contributed by atoms with van der Waals surface area (Å²) >= 11 is 0. The smallest absolute Gasteiger partial charge is 0.253 e. The fourth-order valence-electron chi connectivity index (χ4n) is 2.40. The molecule has 0 spiro atoms. The van der Waals surface area contributed by atoms with E-state index in [2.05, 4.69) is 16.4 Å². The van der Waals surface area contributed by atoms with Gasteiger partial charge in [-0.25, -0.2) is 0 Å². The molecule has 0 saturated heterocycles. The lowest BCUT2D eigenvalue weighted by molar-refractivity contribution is 0.0950. The van der Waals surface area contributed by atoms with Gasteiger partial charge in [-0.3, -0.25) is 9.78 Å². The number of ether oxygens (including phenoxy) is 1. The van der Waals surface area contributed by atoms with E-state index in [1.54, 1.807) is 19.4 Å². The standard InChI is InChI=1S/C19H18N2O2/c1-13-3-5-17(12-20-13)19(22)21-11-14-4-6-16-10-18(23-2)8-7-15(16)9-14/h3-10,12H,11H2,1-2H3,(H,21,22). The van der Waals surface area contributed by atoms with Crippen molar-refractivity contribution in [3.8, 4) is 5.75 Å². The zero-order valence-corrected chi connectivity index (χ0v) is 13.2. The van der Waals surface area contributed by atoms with Gasteiger partial charge >= 0.3 is 0 Å². The molecule has 0 unspecified atom stereocenters. The number of hydrogen-bond donors (Lipinski definition) is 1. The van der Waals surface area contributed by atoms with E-state index in [9.17, 15) is 4.79 Å². The number of carbonyl (C=O) groups excluding carboxylic acids is 1. The minimum atomic E-state index is -0.118. The molecule has 23 heavy (non-hydrogen) atoms. The Balaban J connectivity index is 1.71. The SMILES string of the molecule is COc1ccc2cc(CNC(=O)c3ccc(C)nc3)ccc2c1. The van der Waals surface area contributed by atoms with Crippen LogP contribution in [-0.2, 0) is 6.54 Å². The molecule has 0 radical (unpaired) electrons. The van der Waals surface area contributed by atoms with E-state index in [1.165, 1.54) is 0 Å². The van der Waals surface area contributed by atoms with E-state index < -0.39 is 0 Å². The molecule has 1 heterocycles. The second-order valence-electron chi connectivity index (χ2n) is 5.42. The molecule has 4 nitrogen and oxygen atoms in total. The van der Waals surface area contributed by atoms with Crippen LogP contribution >= 0.6 is 0 Å². The molecule has 3 aromatic rings. The number of benzene rings is 2. The van der Waals surface area contributed by atoms with Crippen molar-refractivity contribution >= 4 is 16.7 Å². The van der Waals surface area contributed by atoms with Gasteiger partial charge in [0.25, 0.3) is 5.91 Å². The molecule has 0 aliphatic carbocycles. The summed E-state index contributed by atoms with van der Waals surface area (Å²) < 4.78 is 5.23. The summed E-state index contributed by atoms with van der Waals surface area (Å²) in [5, 5.41) is 5.15. The first-order valence-corrected chi connectivity index (χ1v) is 7.43. The number of aryl methyl sites for hydroxylation is 1. The van der Waals surface area contributed by atoms with Crippen molar-refractivity contribution < 1.29 is 9.53 Å². The van der Waals surface area contributed by atoms with E-state index >= 15 is 0 Å². The summed E-state index contributed by atoms with van der Waals surface area (Å²) in [5.41, 5.74) is 2.52. The van der Waals surface area contributed by atoms with Crippen molar-refractivity contribution in [2.75, 3.05) is 7.11 Å². The Labute approximate surface area is 135 Å². The Hall–Kier alpha value is -2.88. The van der Waals surface area contributed by atoms with Crippen molar-refractivity contribution in [2.24, 2.45) is 0 Å². The minimum Gasteiger partial charge on any atom is -0.497 e. The average molecular weight is 306 g/mol. The van der Waals surface area contributed by atoms with Crippen LogP contribution in [-0.4, -0.2) is 18.0 Å². The minimum absolute atomic E-state index is 0.118. The van der Waals surface area contributed by atoms with Crippen LogP contribution in [0.3, 0.4) is 0 Å². The maximum absolute atomic E-state index is 12.1. The van der Waals surface area contributed by atoms with E-state index in [0.717, 1.165) is 27.8 Å². The van der Waals surface area contributed by atoms with Crippen LogP contribution in [0.5, 0.6) is 5.75 Å². The molecule has 2 aromatic carbocycles. The molecule has 116 valence electrons. The molecule has 1 amide bonds. The summed E-state index contributed by atoms with van der Waals surface area (Å²) in [6.45, 7) is 2.38. The Kier molecular flexibility index (Phi) is 4.24.